The van der Waals surface area contributed by atoms with Crippen molar-refractivity contribution in [2.45, 2.75) is 82.0 Å². The number of ether oxygens (including phenoxy) is 1. The molecule has 4 unspecified atom stereocenters. The van der Waals surface area contributed by atoms with Crippen LogP contribution in [0.15, 0.2) is 54.6 Å². The second-order valence-corrected chi connectivity index (χ2v) is 10.4. The highest BCUT2D eigenvalue weighted by Gasteiger charge is 2.52. The second kappa shape index (κ2) is 9.60. The zero-order valence-corrected chi connectivity index (χ0v) is 19.7. The summed E-state index contributed by atoms with van der Waals surface area (Å²) in [6.07, 6.45) is 8.17. The predicted octanol–water partition coefficient (Wildman–Crippen LogP) is 5.29. The van der Waals surface area contributed by atoms with Crippen LogP contribution in [-0.2, 0) is 15.1 Å². The van der Waals surface area contributed by atoms with E-state index in [-0.39, 0.29) is 24.0 Å². The fourth-order valence-electron chi connectivity index (χ4n) is 6.52. The van der Waals surface area contributed by atoms with Crippen LogP contribution in [-0.4, -0.2) is 29.8 Å². The average molecular weight is 448 g/mol. The van der Waals surface area contributed by atoms with Gasteiger partial charge in [-0.1, -0.05) is 87.2 Å². The summed E-state index contributed by atoms with van der Waals surface area (Å²) in [5.74, 6) is -0.121. The summed E-state index contributed by atoms with van der Waals surface area (Å²) in [6, 6.07) is 18.6. The lowest BCUT2D eigenvalue weighted by Gasteiger charge is -2.37. The Morgan fingerprint density at radius 3 is 2.30 bits per heavy atom. The minimum Gasteiger partial charge on any atom is -0.458 e. The van der Waals surface area contributed by atoms with Crippen molar-refractivity contribution >= 4 is 5.97 Å². The van der Waals surface area contributed by atoms with Crippen molar-refractivity contribution in [2.75, 3.05) is 6.54 Å². The van der Waals surface area contributed by atoms with Gasteiger partial charge < -0.3 is 15.2 Å². The van der Waals surface area contributed by atoms with Crippen LogP contribution in [0.3, 0.4) is 0 Å². The fourth-order valence-corrected chi connectivity index (χ4v) is 6.52. The Morgan fingerprint density at radius 1 is 0.970 bits per heavy atom. The maximum atomic E-state index is 14.0. The van der Waals surface area contributed by atoms with Crippen LogP contribution in [0.4, 0.5) is 0 Å². The lowest BCUT2D eigenvalue weighted by atomic mass is 9.73. The Morgan fingerprint density at radius 2 is 1.67 bits per heavy atom. The van der Waals surface area contributed by atoms with Gasteiger partial charge in [-0.2, -0.15) is 0 Å². The standard InChI is InChI=1S/C29H37NO3/c1-20(21-11-5-4-6-12-21)24-15-9-10-16-25(24)29(32,23-13-7-2-3-8-14-23)28(31)33-27-22-17-18-26(27)30-19-22/h4-6,9-12,15-16,20,22-23,26-27,30,32H,2-3,7-8,13-14,17-19H2,1H3/t20-,22?,26?,27?,29?/m1/s1. The molecule has 2 aromatic rings. The average Bonchev–Trinajstić information content (AvgIpc) is 3.29. The van der Waals surface area contributed by atoms with Crippen molar-refractivity contribution in [3.63, 3.8) is 0 Å². The zero-order chi connectivity index (χ0) is 22.8. The van der Waals surface area contributed by atoms with E-state index >= 15 is 0 Å². The first-order valence-electron chi connectivity index (χ1n) is 12.9. The highest BCUT2D eigenvalue weighted by Crippen LogP contribution is 2.44. The van der Waals surface area contributed by atoms with Gasteiger partial charge in [-0.05, 0) is 42.4 Å². The number of nitrogens with one attached hydrogen (secondary N) is 1. The van der Waals surface area contributed by atoms with Gasteiger partial charge in [0.2, 0.25) is 0 Å². The van der Waals surface area contributed by atoms with Gasteiger partial charge in [-0.3, -0.25) is 0 Å². The molecule has 2 aromatic carbocycles. The van der Waals surface area contributed by atoms with Gasteiger partial charge in [0.25, 0.3) is 0 Å². The predicted molar refractivity (Wildman–Crippen MR) is 130 cm³/mol. The molecule has 0 aromatic heterocycles. The van der Waals surface area contributed by atoms with E-state index in [1.54, 1.807) is 0 Å². The molecule has 176 valence electrons. The van der Waals surface area contributed by atoms with Gasteiger partial charge in [0.05, 0.1) is 0 Å². The van der Waals surface area contributed by atoms with Crippen molar-refractivity contribution in [2.24, 2.45) is 11.8 Å². The van der Waals surface area contributed by atoms with E-state index in [1.807, 2.05) is 36.4 Å². The quantitative estimate of drug-likeness (QED) is 0.467. The molecule has 5 rings (SSSR count). The first kappa shape index (κ1) is 22.6. The molecule has 2 N–H and O–H groups in total. The monoisotopic (exact) mass is 447 g/mol. The van der Waals surface area contributed by atoms with E-state index in [9.17, 15) is 9.90 Å². The largest absolute Gasteiger partial charge is 0.458 e. The van der Waals surface area contributed by atoms with Crippen molar-refractivity contribution in [1.82, 2.24) is 5.32 Å². The molecule has 4 heteroatoms. The number of benzene rings is 2. The summed E-state index contributed by atoms with van der Waals surface area (Å²) in [4.78, 5) is 14.0. The van der Waals surface area contributed by atoms with Crippen molar-refractivity contribution in [3.05, 3.63) is 71.3 Å². The van der Waals surface area contributed by atoms with Crippen molar-refractivity contribution in [1.29, 1.82) is 0 Å². The number of aliphatic hydroxyl groups is 1. The lowest BCUT2D eigenvalue weighted by molar-refractivity contribution is -0.181. The summed E-state index contributed by atoms with van der Waals surface area (Å²) >= 11 is 0. The lowest BCUT2D eigenvalue weighted by Crippen LogP contribution is -2.47. The number of carbonyl (C=O) groups is 1. The molecule has 5 atom stereocenters. The van der Waals surface area contributed by atoms with Crippen LogP contribution in [0.5, 0.6) is 0 Å². The van der Waals surface area contributed by atoms with E-state index in [1.165, 1.54) is 18.4 Å². The molecular formula is C29H37NO3. The maximum Gasteiger partial charge on any atom is 0.343 e. The smallest absolute Gasteiger partial charge is 0.343 e. The molecule has 1 heterocycles. The van der Waals surface area contributed by atoms with Crippen LogP contribution in [0, 0.1) is 11.8 Å². The Kier molecular flexibility index (Phi) is 6.58. The number of hydrogen-bond donors (Lipinski definition) is 2. The second-order valence-electron chi connectivity index (χ2n) is 10.4. The molecule has 2 saturated carbocycles. The number of esters is 1. The first-order chi connectivity index (χ1) is 16.1. The van der Waals surface area contributed by atoms with Gasteiger partial charge in [0, 0.05) is 30.3 Å². The molecule has 3 fully saturated rings. The topological polar surface area (TPSA) is 58.6 Å². The van der Waals surface area contributed by atoms with Gasteiger partial charge in [0.1, 0.15) is 6.10 Å². The molecule has 0 spiro atoms. The molecule has 2 bridgehead atoms. The highest BCUT2D eigenvalue weighted by molar-refractivity contribution is 5.82. The zero-order valence-electron chi connectivity index (χ0n) is 19.7. The number of hydrogen-bond acceptors (Lipinski definition) is 4. The van der Waals surface area contributed by atoms with Gasteiger partial charge in [-0.25, -0.2) is 4.79 Å². The Balaban J connectivity index is 1.54. The van der Waals surface area contributed by atoms with E-state index in [0.29, 0.717) is 5.92 Å². The number of fused-ring (bicyclic) bond motifs is 2. The Bertz CT molecular complexity index is 932. The minimum atomic E-state index is -1.62. The van der Waals surface area contributed by atoms with Gasteiger partial charge in [-0.15, -0.1) is 0 Å². The van der Waals surface area contributed by atoms with E-state index in [4.69, 9.17) is 4.74 Å². The SMILES string of the molecule is C[C@H](c1ccccc1)c1ccccc1C(O)(C(=O)OC1C2CCC1NC2)C1CCCCCC1. The number of carbonyl (C=O) groups excluding carboxylic acids is 1. The molecular weight excluding hydrogens is 410 g/mol. The van der Waals surface area contributed by atoms with Crippen molar-refractivity contribution < 1.29 is 14.6 Å². The molecule has 3 aliphatic rings. The van der Waals surface area contributed by atoms with Gasteiger partial charge in [0.15, 0.2) is 5.60 Å². The normalized spacial score (nSPS) is 28.1. The van der Waals surface area contributed by atoms with E-state index < -0.39 is 11.6 Å². The molecule has 33 heavy (non-hydrogen) atoms. The van der Waals surface area contributed by atoms with Crippen LogP contribution in [0.25, 0.3) is 0 Å². The van der Waals surface area contributed by atoms with Crippen LogP contribution >= 0.6 is 0 Å². The molecule has 0 amide bonds. The van der Waals surface area contributed by atoms with Crippen LogP contribution in [0.2, 0.25) is 0 Å². The molecule has 1 aliphatic heterocycles. The van der Waals surface area contributed by atoms with Gasteiger partial charge >= 0.3 is 5.97 Å². The van der Waals surface area contributed by atoms with Crippen LogP contribution < -0.4 is 5.32 Å². The number of piperidine rings is 1. The van der Waals surface area contributed by atoms with E-state index in [0.717, 1.165) is 56.2 Å². The van der Waals surface area contributed by atoms with Crippen molar-refractivity contribution in [3.8, 4) is 0 Å². The summed E-state index contributed by atoms with van der Waals surface area (Å²) < 4.78 is 6.20. The fraction of sp³-hybridized carbons (Fsp3) is 0.552. The summed E-state index contributed by atoms with van der Waals surface area (Å²) in [5.41, 5.74) is 1.31. The first-order valence-corrected chi connectivity index (χ1v) is 12.9. The summed E-state index contributed by atoms with van der Waals surface area (Å²) in [7, 11) is 0. The molecule has 4 nitrogen and oxygen atoms in total. The third-order valence-electron chi connectivity index (χ3n) is 8.49. The summed E-state index contributed by atoms with van der Waals surface area (Å²) in [5, 5.41) is 15.9. The number of rotatable bonds is 6. The molecule has 1 saturated heterocycles. The molecule has 2 aliphatic carbocycles. The Hall–Kier alpha value is -2.17. The van der Waals surface area contributed by atoms with E-state index in [2.05, 4.69) is 30.4 Å². The third kappa shape index (κ3) is 4.24. The maximum absolute atomic E-state index is 14.0. The third-order valence-corrected chi connectivity index (χ3v) is 8.49. The Labute approximate surface area is 197 Å². The highest BCUT2D eigenvalue weighted by atomic mass is 16.6. The molecule has 0 radical (unpaired) electrons. The summed E-state index contributed by atoms with van der Waals surface area (Å²) in [6.45, 7) is 3.07. The minimum absolute atomic E-state index is 0.0665. The van der Waals surface area contributed by atoms with Crippen LogP contribution in [0.1, 0.15) is 80.9 Å².